The Labute approximate surface area is 109 Å². The molecule has 0 spiro atoms. The highest BCUT2D eigenvalue weighted by atomic mass is 19.4. The van der Waals surface area contributed by atoms with Gasteiger partial charge in [0.1, 0.15) is 11.6 Å². The van der Waals surface area contributed by atoms with Crippen LogP contribution in [0.5, 0.6) is 0 Å². The molecule has 1 aliphatic rings. The van der Waals surface area contributed by atoms with E-state index in [1.54, 1.807) is 6.92 Å². The summed E-state index contributed by atoms with van der Waals surface area (Å²) in [5, 5.41) is 5.74. The van der Waals surface area contributed by atoms with Gasteiger partial charge in [0.05, 0.1) is 0 Å². The lowest BCUT2D eigenvalue weighted by molar-refractivity contribution is -0.144. The molecule has 106 valence electrons. The number of nitrogens with zero attached hydrogens (tertiary/aromatic N) is 2. The molecule has 2 unspecified atom stereocenters. The first kappa shape index (κ1) is 13.9. The Hall–Kier alpha value is -1.53. The molecule has 2 N–H and O–H groups in total. The lowest BCUT2D eigenvalue weighted by Crippen LogP contribution is -2.16. The van der Waals surface area contributed by atoms with Crippen LogP contribution in [0.25, 0.3) is 0 Å². The Morgan fingerprint density at radius 1 is 1.26 bits per heavy atom. The van der Waals surface area contributed by atoms with E-state index in [0.717, 1.165) is 6.42 Å². The van der Waals surface area contributed by atoms with Crippen LogP contribution >= 0.6 is 0 Å². The average molecular weight is 274 g/mol. The second-order valence-corrected chi connectivity index (χ2v) is 4.84. The van der Waals surface area contributed by atoms with Gasteiger partial charge in [-0.05, 0) is 25.2 Å². The number of alkyl halides is 3. The number of hydrogen-bond acceptors (Lipinski definition) is 4. The minimum absolute atomic E-state index is 0.191. The van der Waals surface area contributed by atoms with Gasteiger partial charge in [0.2, 0.25) is 5.82 Å². The molecule has 0 radical (unpaired) electrons. The van der Waals surface area contributed by atoms with Gasteiger partial charge in [-0.15, -0.1) is 0 Å². The molecule has 0 amide bonds. The fourth-order valence-electron chi connectivity index (χ4n) is 1.86. The third kappa shape index (κ3) is 3.71. The third-order valence-corrected chi connectivity index (χ3v) is 3.16. The molecule has 4 nitrogen and oxygen atoms in total. The molecule has 1 heterocycles. The SMILES string of the molecule is CCNc1cc(NCC2CC2C)nc(C(F)(F)F)n1. The second kappa shape index (κ2) is 5.22. The summed E-state index contributed by atoms with van der Waals surface area (Å²) >= 11 is 0. The van der Waals surface area contributed by atoms with Crippen LogP contribution in [-0.2, 0) is 6.18 Å². The van der Waals surface area contributed by atoms with Gasteiger partial charge >= 0.3 is 6.18 Å². The van der Waals surface area contributed by atoms with Crippen LogP contribution in [0, 0.1) is 11.8 Å². The molecule has 1 saturated carbocycles. The van der Waals surface area contributed by atoms with Crippen molar-refractivity contribution in [2.75, 3.05) is 23.7 Å². The topological polar surface area (TPSA) is 49.8 Å². The minimum atomic E-state index is -4.53. The number of hydrogen-bond donors (Lipinski definition) is 2. The van der Waals surface area contributed by atoms with Crippen molar-refractivity contribution in [1.29, 1.82) is 0 Å². The molecular formula is C12H17F3N4. The van der Waals surface area contributed by atoms with Gasteiger partial charge < -0.3 is 10.6 Å². The Balaban J connectivity index is 2.13. The second-order valence-electron chi connectivity index (χ2n) is 4.84. The van der Waals surface area contributed by atoms with Crippen molar-refractivity contribution in [3.8, 4) is 0 Å². The first-order valence-corrected chi connectivity index (χ1v) is 6.34. The smallest absolute Gasteiger partial charge is 0.370 e. The van der Waals surface area contributed by atoms with Crippen molar-refractivity contribution < 1.29 is 13.2 Å². The van der Waals surface area contributed by atoms with E-state index in [-0.39, 0.29) is 11.6 Å². The third-order valence-electron chi connectivity index (χ3n) is 3.16. The summed E-state index contributed by atoms with van der Waals surface area (Å²) in [6, 6.07) is 1.51. The van der Waals surface area contributed by atoms with Crippen molar-refractivity contribution in [2.24, 2.45) is 11.8 Å². The molecule has 2 rings (SSSR count). The Morgan fingerprint density at radius 2 is 1.84 bits per heavy atom. The first-order chi connectivity index (χ1) is 8.90. The Morgan fingerprint density at radius 3 is 2.32 bits per heavy atom. The van der Waals surface area contributed by atoms with E-state index in [2.05, 4.69) is 27.5 Å². The van der Waals surface area contributed by atoms with Gasteiger partial charge in [0, 0.05) is 19.2 Å². The number of rotatable bonds is 5. The zero-order valence-electron chi connectivity index (χ0n) is 10.9. The molecule has 2 atom stereocenters. The van der Waals surface area contributed by atoms with Crippen LogP contribution in [0.3, 0.4) is 0 Å². The zero-order valence-corrected chi connectivity index (χ0v) is 10.9. The number of aromatic nitrogens is 2. The van der Waals surface area contributed by atoms with Crippen molar-refractivity contribution in [2.45, 2.75) is 26.4 Å². The van der Waals surface area contributed by atoms with E-state index in [1.807, 2.05) is 0 Å². The predicted octanol–water partition coefficient (Wildman–Crippen LogP) is 3.00. The summed E-state index contributed by atoms with van der Waals surface area (Å²) in [5.41, 5.74) is 0. The van der Waals surface area contributed by atoms with Crippen molar-refractivity contribution in [1.82, 2.24) is 9.97 Å². The Kier molecular flexibility index (Phi) is 3.82. The lowest BCUT2D eigenvalue weighted by Gasteiger charge is -2.12. The van der Waals surface area contributed by atoms with Gasteiger partial charge in [0.25, 0.3) is 0 Å². The minimum Gasteiger partial charge on any atom is -0.370 e. The molecule has 19 heavy (non-hydrogen) atoms. The van der Waals surface area contributed by atoms with Gasteiger partial charge in [0.15, 0.2) is 0 Å². The van der Waals surface area contributed by atoms with Crippen LogP contribution < -0.4 is 10.6 Å². The lowest BCUT2D eigenvalue weighted by atomic mass is 10.3. The fraction of sp³-hybridized carbons (Fsp3) is 0.667. The van der Waals surface area contributed by atoms with Crippen LogP contribution in [0.15, 0.2) is 6.07 Å². The van der Waals surface area contributed by atoms with Crippen LogP contribution in [0.2, 0.25) is 0 Å². The molecule has 1 aliphatic carbocycles. The summed E-state index contributed by atoms with van der Waals surface area (Å²) in [6.45, 7) is 5.08. The van der Waals surface area contributed by atoms with Crippen molar-refractivity contribution in [3.63, 3.8) is 0 Å². The van der Waals surface area contributed by atoms with Crippen molar-refractivity contribution in [3.05, 3.63) is 11.9 Å². The molecule has 0 bridgehead atoms. The highest BCUT2D eigenvalue weighted by molar-refractivity contribution is 5.48. The molecule has 1 aromatic heterocycles. The number of nitrogens with one attached hydrogen (secondary N) is 2. The molecule has 1 fully saturated rings. The summed E-state index contributed by atoms with van der Waals surface area (Å²) in [6.07, 6.45) is -3.42. The highest BCUT2D eigenvalue weighted by Crippen LogP contribution is 2.37. The van der Waals surface area contributed by atoms with Gasteiger partial charge in [-0.25, -0.2) is 9.97 Å². The normalized spacial score (nSPS) is 22.2. The summed E-state index contributed by atoms with van der Waals surface area (Å²) < 4.78 is 38.0. The van der Waals surface area contributed by atoms with Crippen LogP contribution in [-0.4, -0.2) is 23.1 Å². The molecule has 1 aromatic rings. The maximum absolute atomic E-state index is 12.7. The molecule has 0 aromatic carbocycles. The zero-order chi connectivity index (χ0) is 14.0. The molecule has 0 saturated heterocycles. The Bertz CT molecular complexity index is 447. The van der Waals surface area contributed by atoms with Crippen LogP contribution in [0.1, 0.15) is 26.1 Å². The molecular weight excluding hydrogens is 257 g/mol. The number of halogens is 3. The summed E-state index contributed by atoms with van der Waals surface area (Å²) in [4.78, 5) is 6.99. The van der Waals surface area contributed by atoms with E-state index in [4.69, 9.17) is 0 Å². The first-order valence-electron chi connectivity index (χ1n) is 6.34. The van der Waals surface area contributed by atoms with E-state index >= 15 is 0 Å². The predicted molar refractivity (Wildman–Crippen MR) is 67.0 cm³/mol. The standard InChI is InChI=1S/C12H17F3N4/c1-3-16-9-5-10(17-6-8-4-7(8)2)19-11(18-9)12(13,14)15/h5,7-8H,3-4,6H2,1-2H3,(H2,16,17,18,19). The van der Waals surface area contributed by atoms with Gasteiger partial charge in [-0.2, -0.15) is 13.2 Å². The van der Waals surface area contributed by atoms with Crippen molar-refractivity contribution >= 4 is 11.6 Å². The monoisotopic (exact) mass is 274 g/mol. The molecule has 0 aliphatic heterocycles. The van der Waals surface area contributed by atoms with Gasteiger partial charge in [-0.3, -0.25) is 0 Å². The quantitative estimate of drug-likeness (QED) is 0.866. The fourth-order valence-corrected chi connectivity index (χ4v) is 1.86. The summed E-state index contributed by atoms with van der Waals surface area (Å²) in [7, 11) is 0. The largest absolute Gasteiger partial charge is 0.451 e. The van der Waals surface area contributed by atoms with E-state index < -0.39 is 12.0 Å². The highest BCUT2D eigenvalue weighted by Gasteiger charge is 2.36. The maximum Gasteiger partial charge on any atom is 0.451 e. The number of anilines is 2. The van der Waals surface area contributed by atoms with E-state index in [1.165, 1.54) is 6.07 Å². The average Bonchev–Trinajstić information content (AvgIpc) is 3.02. The maximum atomic E-state index is 12.7. The van der Waals surface area contributed by atoms with E-state index in [0.29, 0.717) is 24.9 Å². The summed E-state index contributed by atoms with van der Waals surface area (Å²) in [5.74, 6) is 0.474. The van der Waals surface area contributed by atoms with E-state index in [9.17, 15) is 13.2 Å². The molecule has 7 heteroatoms. The van der Waals surface area contributed by atoms with Gasteiger partial charge in [-0.1, -0.05) is 6.92 Å². The van der Waals surface area contributed by atoms with Crippen LogP contribution in [0.4, 0.5) is 24.8 Å².